The van der Waals surface area contributed by atoms with Crippen LogP contribution < -0.4 is 4.74 Å². The Hall–Kier alpha value is -1.02. The Bertz CT molecular complexity index is 332. The standard InChI is InChI=1S/C13H20O2/c1-5-11(14)12-9(3)7-8-10(4)13(12)15-6-2/h7-8,11,14H,5-6H2,1-4H3. The summed E-state index contributed by atoms with van der Waals surface area (Å²) in [6.45, 7) is 8.59. The molecule has 0 aliphatic heterocycles. The molecule has 84 valence electrons. The first kappa shape index (κ1) is 12.1. The number of aliphatic hydroxyl groups excluding tert-OH is 1. The summed E-state index contributed by atoms with van der Waals surface area (Å²) in [6, 6.07) is 4.07. The molecular formula is C13H20O2. The van der Waals surface area contributed by atoms with Crippen LogP contribution in [0.25, 0.3) is 0 Å². The molecule has 1 N–H and O–H groups in total. The van der Waals surface area contributed by atoms with Crippen LogP contribution in [-0.2, 0) is 0 Å². The van der Waals surface area contributed by atoms with E-state index in [1.807, 2.05) is 39.8 Å². The lowest BCUT2D eigenvalue weighted by Crippen LogP contribution is -2.05. The quantitative estimate of drug-likeness (QED) is 0.823. The maximum absolute atomic E-state index is 9.96. The molecule has 15 heavy (non-hydrogen) atoms. The number of rotatable bonds is 4. The minimum atomic E-state index is -0.425. The van der Waals surface area contributed by atoms with Crippen LogP contribution in [0, 0.1) is 13.8 Å². The van der Waals surface area contributed by atoms with E-state index in [4.69, 9.17) is 4.74 Å². The fraction of sp³-hybridized carbons (Fsp3) is 0.538. The monoisotopic (exact) mass is 208 g/mol. The zero-order chi connectivity index (χ0) is 11.4. The minimum Gasteiger partial charge on any atom is -0.493 e. The number of benzene rings is 1. The molecule has 1 unspecified atom stereocenters. The molecule has 0 saturated heterocycles. The van der Waals surface area contributed by atoms with E-state index in [0.717, 1.165) is 22.4 Å². The Morgan fingerprint density at radius 1 is 1.20 bits per heavy atom. The summed E-state index contributed by atoms with van der Waals surface area (Å²) in [5.74, 6) is 0.854. The van der Waals surface area contributed by atoms with E-state index in [2.05, 4.69) is 0 Å². The summed E-state index contributed by atoms with van der Waals surface area (Å²) < 4.78 is 5.61. The largest absolute Gasteiger partial charge is 0.493 e. The summed E-state index contributed by atoms with van der Waals surface area (Å²) in [7, 11) is 0. The highest BCUT2D eigenvalue weighted by atomic mass is 16.5. The van der Waals surface area contributed by atoms with Crippen LogP contribution in [0.2, 0.25) is 0 Å². The van der Waals surface area contributed by atoms with Crippen molar-refractivity contribution in [3.8, 4) is 5.75 Å². The van der Waals surface area contributed by atoms with Gasteiger partial charge in [0.1, 0.15) is 5.75 Å². The lowest BCUT2D eigenvalue weighted by atomic mass is 9.97. The van der Waals surface area contributed by atoms with Gasteiger partial charge in [0.15, 0.2) is 0 Å². The van der Waals surface area contributed by atoms with Crippen molar-refractivity contribution in [3.05, 3.63) is 28.8 Å². The Labute approximate surface area is 91.9 Å². The van der Waals surface area contributed by atoms with Crippen molar-refractivity contribution in [1.29, 1.82) is 0 Å². The second-order valence-corrected chi connectivity index (χ2v) is 3.80. The summed E-state index contributed by atoms with van der Waals surface area (Å²) in [6.07, 6.45) is 0.288. The van der Waals surface area contributed by atoms with Gasteiger partial charge in [-0.25, -0.2) is 0 Å². The summed E-state index contributed by atoms with van der Waals surface area (Å²) in [5.41, 5.74) is 3.13. The van der Waals surface area contributed by atoms with Gasteiger partial charge < -0.3 is 9.84 Å². The summed E-state index contributed by atoms with van der Waals surface area (Å²) >= 11 is 0. The summed E-state index contributed by atoms with van der Waals surface area (Å²) in [4.78, 5) is 0. The average molecular weight is 208 g/mol. The molecule has 0 radical (unpaired) electrons. The third-order valence-corrected chi connectivity index (χ3v) is 2.62. The molecule has 0 bridgehead atoms. The van der Waals surface area contributed by atoms with Gasteiger partial charge in [-0.3, -0.25) is 0 Å². The van der Waals surface area contributed by atoms with Crippen molar-refractivity contribution < 1.29 is 9.84 Å². The Morgan fingerprint density at radius 3 is 2.33 bits per heavy atom. The fourth-order valence-corrected chi connectivity index (χ4v) is 1.76. The molecule has 0 amide bonds. The lowest BCUT2D eigenvalue weighted by molar-refractivity contribution is 0.166. The minimum absolute atomic E-state index is 0.425. The zero-order valence-corrected chi connectivity index (χ0v) is 10.0. The maximum atomic E-state index is 9.96. The second kappa shape index (κ2) is 5.17. The van der Waals surface area contributed by atoms with E-state index >= 15 is 0 Å². The molecule has 0 aliphatic carbocycles. The van der Waals surface area contributed by atoms with Gasteiger partial charge in [-0.05, 0) is 38.3 Å². The smallest absolute Gasteiger partial charge is 0.128 e. The van der Waals surface area contributed by atoms with Crippen molar-refractivity contribution in [2.24, 2.45) is 0 Å². The van der Waals surface area contributed by atoms with Gasteiger partial charge in [-0.1, -0.05) is 19.1 Å². The van der Waals surface area contributed by atoms with Crippen LogP contribution in [0.3, 0.4) is 0 Å². The van der Waals surface area contributed by atoms with Gasteiger partial charge in [0, 0.05) is 5.56 Å². The van der Waals surface area contributed by atoms with Crippen molar-refractivity contribution in [2.45, 2.75) is 40.2 Å². The van der Waals surface area contributed by atoms with E-state index in [1.165, 1.54) is 0 Å². The summed E-state index contributed by atoms with van der Waals surface area (Å²) in [5, 5.41) is 9.96. The van der Waals surface area contributed by atoms with Crippen LogP contribution in [0.5, 0.6) is 5.75 Å². The van der Waals surface area contributed by atoms with E-state index in [-0.39, 0.29) is 0 Å². The van der Waals surface area contributed by atoms with Crippen molar-refractivity contribution >= 4 is 0 Å². The van der Waals surface area contributed by atoms with Crippen LogP contribution in [0.4, 0.5) is 0 Å². The Morgan fingerprint density at radius 2 is 1.80 bits per heavy atom. The Kier molecular flexibility index (Phi) is 4.15. The molecule has 0 fully saturated rings. The van der Waals surface area contributed by atoms with Crippen LogP contribution in [0.15, 0.2) is 12.1 Å². The normalized spacial score (nSPS) is 12.6. The van der Waals surface area contributed by atoms with Gasteiger partial charge in [0.2, 0.25) is 0 Å². The number of hydrogen-bond donors (Lipinski definition) is 1. The maximum Gasteiger partial charge on any atom is 0.128 e. The molecule has 0 heterocycles. The number of hydrogen-bond acceptors (Lipinski definition) is 2. The third kappa shape index (κ3) is 2.51. The van der Waals surface area contributed by atoms with E-state index < -0.39 is 6.10 Å². The molecular weight excluding hydrogens is 188 g/mol. The molecule has 0 aliphatic rings. The van der Waals surface area contributed by atoms with E-state index in [1.54, 1.807) is 0 Å². The SMILES string of the molecule is CCOc1c(C)ccc(C)c1C(O)CC. The molecule has 0 spiro atoms. The highest BCUT2D eigenvalue weighted by Crippen LogP contribution is 2.33. The van der Waals surface area contributed by atoms with E-state index in [9.17, 15) is 5.11 Å². The highest BCUT2D eigenvalue weighted by Gasteiger charge is 2.16. The zero-order valence-electron chi connectivity index (χ0n) is 10.0. The third-order valence-electron chi connectivity index (χ3n) is 2.62. The van der Waals surface area contributed by atoms with Crippen LogP contribution in [0.1, 0.15) is 43.1 Å². The molecule has 2 nitrogen and oxygen atoms in total. The number of ether oxygens (including phenoxy) is 1. The first-order chi connectivity index (χ1) is 7.11. The fourth-order valence-electron chi connectivity index (χ4n) is 1.76. The lowest BCUT2D eigenvalue weighted by Gasteiger charge is -2.19. The van der Waals surface area contributed by atoms with Gasteiger partial charge in [0.25, 0.3) is 0 Å². The Balaban J connectivity index is 3.24. The predicted octanol–water partition coefficient (Wildman–Crippen LogP) is 3.15. The molecule has 1 aromatic rings. The molecule has 0 aromatic heterocycles. The highest BCUT2D eigenvalue weighted by molar-refractivity contribution is 5.46. The van der Waals surface area contributed by atoms with Gasteiger partial charge in [-0.2, -0.15) is 0 Å². The second-order valence-electron chi connectivity index (χ2n) is 3.80. The topological polar surface area (TPSA) is 29.5 Å². The first-order valence-electron chi connectivity index (χ1n) is 5.52. The predicted molar refractivity (Wildman–Crippen MR) is 62.3 cm³/mol. The first-order valence-corrected chi connectivity index (χ1v) is 5.52. The molecule has 2 heteroatoms. The molecule has 1 atom stereocenters. The molecule has 1 aromatic carbocycles. The van der Waals surface area contributed by atoms with Crippen LogP contribution >= 0.6 is 0 Å². The van der Waals surface area contributed by atoms with Crippen molar-refractivity contribution in [1.82, 2.24) is 0 Å². The van der Waals surface area contributed by atoms with Crippen molar-refractivity contribution in [2.75, 3.05) is 6.61 Å². The van der Waals surface area contributed by atoms with Gasteiger partial charge in [-0.15, -0.1) is 0 Å². The van der Waals surface area contributed by atoms with E-state index in [0.29, 0.717) is 13.0 Å². The molecule has 0 saturated carbocycles. The number of aryl methyl sites for hydroxylation is 2. The number of aliphatic hydroxyl groups is 1. The van der Waals surface area contributed by atoms with Crippen molar-refractivity contribution in [3.63, 3.8) is 0 Å². The van der Waals surface area contributed by atoms with Gasteiger partial charge >= 0.3 is 0 Å². The average Bonchev–Trinajstić information content (AvgIpc) is 2.23. The molecule has 1 rings (SSSR count). The van der Waals surface area contributed by atoms with Gasteiger partial charge in [0.05, 0.1) is 12.7 Å². The van der Waals surface area contributed by atoms with Crippen LogP contribution in [-0.4, -0.2) is 11.7 Å².